The molecule has 2 heterocycles. The molecule has 5 nitrogen and oxygen atoms in total. The number of H-pyrrole nitrogens is 1. The summed E-state index contributed by atoms with van der Waals surface area (Å²) in [5, 5.41) is 8.65. The molecule has 0 fully saturated rings. The van der Waals surface area contributed by atoms with Gasteiger partial charge in [-0.15, -0.1) is 11.3 Å². The van der Waals surface area contributed by atoms with Crippen molar-refractivity contribution in [2.75, 3.05) is 7.05 Å². The molecule has 7 heteroatoms. The summed E-state index contributed by atoms with van der Waals surface area (Å²) in [4.78, 5) is 0.985. The van der Waals surface area contributed by atoms with Gasteiger partial charge in [-0.1, -0.05) is 6.07 Å². The van der Waals surface area contributed by atoms with E-state index in [4.69, 9.17) is 0 Å². The van der Waals surface area contributed by atoms with Gasteiger partial charge in [-0.25, -0.2) is 13.1 Å². The molecule has 2 N–H and O–H groups in total. The van der Waals surface area contributed by atoms with Crippen LogP contribution < -0.4 is 4.72 Å². The van der Waals surface area contributed by atoms with Crippen LogP contribution in [0, 0.1) is 0 Å². The second kappa shape index (κ2) is 4.36. The summed E-state index contributed by atoms with van der Waals surface area (Å²) in [5.41, 5.74) is 1.45. The van der Waals surface area contributed by atoms with Crippen molar-refractivity contribution in [1.29, 1.82) is 0 Å². The molecule has 2 aromatic rings. The lowest BCUT2D eigenvalue weighted by Crippen LogP contribution is -2.20. The summed E-state index contributed by atoms with van der Waals surface area (Å²) < 4.78 is 25.2. The number of nitrogens with one attached hydrogen (secondary N) is 2. The van der Waals surface area contributed by atoms with E-state index in [1.54, 1.807) is 17.5 Å². The lowest BCUT2D eigenvalue weighted by molar-refractivity contribution is 0.587. The molecule has 0 aliphatic heterocycles. The largest absolute Gasteiger partial charge is 0.277 e. The second-order valence-corrected chi connectivity index (χ2v) is 6.08. The van der Waals surface area contributed by atoms with E-state index in [0.29, 0.717) is 5.56 Å². The van der Waals surface area contributed by atoms with Gasteiger partial charge in [-0.2, -0.15) is 5.10 Å². The zero-order chi connectivity index (χ0) is 11.6. The highest BCUT2D eigenvalue weighted by molar-refractivity contribution is 7.88. The number of aromatic amines is 1. The van der Waals surface area contributed by atoms with Crippen LogP contribution in [0.25, 0.3) is 10.6 Å². The summed E-state index contributed by atoms with van der Waals surface area (Å²) in [6.07, 6.45) is 1.55. The lowest BCUT2D eigenvalue weighted by atomic mass is 10.2. The van der Waals surface area contributed by atoms with Gasteiger partial charge < -0.3 is 0 Å². The minimum atomic E-state index is -3.26. The first-order chi connectivity index (χ1) is 7.62. The van der Waals surface area contributed by atoms with Crippen LogP contribution in [0.3, 0.4) is 0 Å². The topological polar surface area (TPSA) is 74.8 Å². The number of nitrogens with zero attached hydrogens (tertiary/aromatic N) is 1. The Morgan fingerprint density at radius 1 is 1.56 bits per heavy atom. The maximum absolute atomic E-state index is 11.4. The molecule has 0 spiro atoms. The molecule has 0 unspecified atom stereocenters. The van der Waals surface area contributed by atoms with Crippen LogP contribution in [-0.4, -0.2) is 25.7 Å². The number of hydrogen-bond acceptors (Lipinski definition) is 4. The SMILES string of the molecule is CNS(=O)(=O)Cc1cn[nH]c1-c1cccs1. The first-order valence-electron chi connectivity index (χ1n) is 4.60. The summed E-state index contributed by atoms with van der Waals surface area (Å²) in [5.74, 6) is -0.0623. The van der Waals surface area contributed by atoms with E-state index >= 15 is 0 Å². The van der Waals surface area contributed by atoms with E-state index in [0.717, 1.165) is 10.6 Å². The van der Waals surface area contributed by atoms with Crippen LogP contribution in [0.15, 0.2) is 23.7 Å². The second-order valence-electron chi connectivity index (χ2n) is 3.21. The van der Waals surface area contributed by atoms with Gasteiger partial charge in [0.05, 0.1) is 22.5 Å². The molecule has 0 saturated heterocycles. The van der Waals surface area contributed by atoms with Crippen molar-refractivity contribution in [3.05, 3.63) is 29.3 Å². The van der Waals surface area contributed by atoms with Crippen molar-refractivity contribution < 1.29 is 8.42 Å². The average Bonchev–Trinajstić information content (AvgIpc) is 2.86. The molecule has 2 rings (SSSR count). The monoisotopic (exact) mass is 257 g/mol. The van der Waals surface area contributed by atoms with Crippen molar-refractivity contribution in [1.82, 2.24) is 14.9 Å². The van der Waals surface area contributed by atoms with Gasteiger partial charge in [0.25, 0.3) is 0 Å². The molecule has 0 aromatic carbocycles. The summed E-state index contributed by atoms with van der Waals surface area (Å²) in [6, 6.07) is 3.84. The van der Waals surface area contributed by atoms with E-state index in [1.807, 2.05) is 17.5 Å². The zero-order valence-corrected chi connectivity index (χ0v) is 10.2. The molecule has 0 amide bonds. The Bertz CT molecular complexity index is 557. The number of rotatable bonds is 4. The van der Waals surface area contributed by atoms with Crippen molar-refractivity contribution >= 4 is 21.4 Å². The van der Waals surface area contributed by atoms with Crippen LogP contribution in [-0.2, 0) is 15.8 Å². The molecule has 0 saturated carbocycles. The average molecular weight is 257 g/mol. The van der Waals surface area contributed by atoms with Crippen molar-refractivity contribution in [3.8, 4) is 10.6 Å². The van der Waals surface area contributed by atoms with Crippen LogP contribution in [0.2, 0.25) is 0 Å². The Labute approximate surface area is 97.6 Å². The standard InChI is InChI=1S/C9H11N3O2S2/c1-10-16(13,14)6-7-5-11-12-9(7)8-3-2-4-15-8/h2-5,10H,6H2,1H3,(H,11,12). The molecule has 2 aromatic heterocycles. The predicted molar refractivity (Wildman–Crippen MR) is 63.6 cm³/mol. The predicted octanol–water partition coefficient (Wildman–Crippen LogP) is 1.19. The molecule has 86 valence electrons. The first-order valence-corrected chi connectivity index (χ1v) is 7.13. The van der Waals surface area contributed by atoms with Gasteiger partial charge in [0.15, 0.2) is 0 Å². The third-order valence-electron chi connectivity index (χ3n) is 2.14. The highest BCUT2D eigenvalue weighted by Crippen LogP contribution is 2.26. The fraction of sp³-hybridized carbons (Fsp3) is 0.222. The van der Waals surface area contributed by atoms with Crippen LogP contribution in [0.1, 0.15) is 5.56 Å². The molecule has 0 bridgehead atoms. The Kier molecular flexibility index (Phi) is 3.08. The molecule has 0 radical (unpaired) electrons. The van der Waals surface area contributed by atoms with E-state index < -0.39 is 10.0 Å². The highest BCUT2D eigenvalue weighted by Gasteiger charge is 2.15. The minimum Gasteiger partial charge on any atom is -0.277 e. The maximum atomic E-state index is 11.4. The molecule has 16 heavy (non-hydrogen) atoms. The van der Waals surface area contributed by atoms with Gasteiger partial charge in [0, 0.05) is 5.56 Å². The number of sulfonamides is 1. The minimum absolute atomic E-state index is 0.0623. The number of thiophene rings is 1. The fourth-order valence-corrected chi connectivity index (χ4v) is 2.86. The normalized spacial score (nSPS) is 11.8. The third-order valence-corrected chi connectivity index (χ3v) is 4.34. The van der Waals surface area contributed by atoms with Crippen molar-refractivity contribution in [2.45, 2.75) is 5.75 Å². The number of aromatic nitrogens is 2. The fourth-order valence-electron chi connectivity index (χ4n) is 1.33. The van der Waals surface area contributed by atoms with Gasteiger partial charge in [0.2, 0.25) is 10.0 Å². The summed E-state index contributed by atoms with van der Waals surface area (Å²) >= 11 is 1.54. The number of hydrogen-bond donors (Lipinski definition) is 2. The first kappa shape index (κ1) is 11.3. The van der Waals surface area contributed by atoms with E-state index in [-0.39, 0.29) is 5.75 Å². The molecular formula is C9H11N3O2S2. The Hall–Kier alpha value is -1.18. The molecule has 0 aliphatic rings. The van der Waals surface area contributed by atoms with Gasteiger partial charge in [-0.3, -0.25) is 5.10 Å². The Morgan fingerprint density at radius 2 is 2.38 bits per heavy atom. The van der Waals surface area contributed by atoms with E-state index in [9.17, 15) is 8.42 Å². The van der Waals surface area contributed by atoms with Crippen molar-refractivity contribution in [2.24, 2.45) is 0 Å². The van der Waals surface area contributed by atoms with Gasteiger partial charge in [-0.05, 0) is 18.5 Å². The zero-order valence-electron chi connectivity index (χ0n) is 8.60. The molecule has 0 atom stereocenters. The van der Waals surface area contributed by atoms with Crippen LogP contribution in [0.4, 0.5) is 0 Å². The van der Waals surface area contributed by atoms with Crippen molar-refractivity contribution in [3.63, 3.8) is 0 Å². The smallest absolute Gasteiger partial charge is 0.215 e. The van der Waals surface area contributed by atoms with E-state index in [2.05, 4.69) is 14.9 Å². The van der Waals surface area contributed by atoms with Gasteiger partial charge >= 0.3 is 0 Å². The maximum Gasteiger partial charge on any atom is 0.215 e. The Balaban J connectivity index is 2.34. The highest BCUT2D eigenvalue weighted by atomic mass is 32.2. The molecular weight excluding hydrogens is 246 g/mol. The van der Waals surface area contributed by atoms with Crippen LogP contribution >= 0.6 is 11.3 Å². The van der Waals surface area contributed by atoms with E-state index in [1.165, 1.54) is 7.05 Å². The van der Waals surface area contributed by atoms with Gasteiger partial charge in [0.1, 0.15) is 0 Å². The quantitative estimate of drug-likeness (QED) is 0.864. The lowest BCUT2D eigenvalue weighted by Gasteiger charge is -2.01. The summed E-state index contributed by atoms with van der Waals surface area (Å²) in [6.45, 7) is 0. The summed E-state index contributed by atoms with van der Waals surface area (Å²) in [7, 11) is -1.86. The third kappa shape index (κ3) is 2.31. The molecule has 0 aliphatic carbocycles. The Morgan fingerprint density at radius 3 is 3.00 bits per heavy atom. The van der Waals surface area contributed by atoms with Crippen LogP contribution in [0.5, 0.6) is 0 Å².